The Kier molecular flexibility index (Phi) is 6.08. The maximum Gasteiger partial charge on any atom is 0.344 e. The first-order valence-corrected chi connectivity index (χ1v) is 11.5. The molecule has 1 aromatic heterocycles. The van der Waals surface area contributed by atoms with Gasteiger partial charge in [-0.1, -0.05) is 42.5 Å². The Balaban J connectivity index is 1.27. The Morgan fingerprint density at radius 3 is 2.44 bits per heavy atom. The zero-order valence-corrected chi connectivity index (χ0v) is 19.5. The second-order valence-electron chi connectivity index (χ2n) is 8.45. The highest BCUT2D eigenvalue weighted by Crippen LogP contribution is 2.42. The number of likely N-dealkylation sites (N-methyl/N-ethyl adjacent to an activating group) is 1. The molecule has 0 spiro atoms. The molecule has 1 aliphatic carbocycles. The third-order valence-electron chi connectivity index (χ3n) is 6.17. The summed E-state index contributed by atoms with van der Waals surface area (Å²) < 4.78 is 6.41. The van der Waals surface area contributed by atoms with Gasteiger partial charge in [-0.15, -0.1) is 4.73 Å². The SMILES string of the molecule is CN1C2=CC=CCC2=C(C(=O)Oc2ccc(CCC(=O)On3c(O)ccc3O)cc2)c2ccccc21. The molecular formula is C28H24N2O6. The summed E-state index contributed by atoms with van der Waals surface area (Å²) in [6, 6.07) is 17.1. The number of carbonyl (C=O) groups is 2. The normalized spacial score (nSPS) is 14.1. The molecule has 182 valence electrons. The van der Waals surface area contributed by atoms with Crippen molar-refractivity contribution in [1.82, 2.24) is 4.73 Å². The average molecular weight is 485 g/mol. The van der Waals surface area contributed by atoms with Crippen LogP contribution >= 0.6 is 0 Å². The molecule has 0 saturated heterocycles. The summed E-state index contributed by atoms with van der Waals surface area (Å²) >= 11 is 0. The van der Waals surface area contributed by atoms with E-state index in [-0.39, 0.29) is 18.2 Å². The smallest absolute Gasteiger partial charge is 0.344 e. The molecule has 8 nitrogen and oxygen atoms in total. The quantitative estimate of drug-likeness (QED) is 0.401. The van der Waals surface area contributed by atoms with Crippen LogP contribution in [0.4, 0.5) is 5.69 Å². The summed E-state index contributed by atoms with van der Waals surface area (Å²) in [5, 5.41) is 19.1. The van der Waals surface area contributed by atoms with Crippen LogP contribution < -0.4 is 14.5 Å². The van der Waals surface area contributed by atoms with Crippen LogP contribution in [-0.4, -0.2) is 33.9 Å². The van der Waals surface area contributed by atoms with Gasteiger partial charge < -0.3 is 24.7 Å². The van der Waals surface area contributed by atoms with Crippen LogP contribution in [0.1, 0.15) is 24.0 Å². The number of benzene rings is 2. The van der Waals surface area contributed by atoms with E-state index in [2.05, 4.69) is 4.90 Å². The second-order valence-corrected chi connectivity index (χ2v) is 8.45. The summed E-state index contributed by atoms with van der Waals surface area (Å²) in [5.41, 5.74) is 5.08. The first kappa shape index (κ1) is 23.0. The lowest BCUT2D eigenvalue weighted by Crippen LogP contribution is -2.27. The fraction of sp³-hybridized carbons (Fsp3) is 0.143. The van der Waals surface area contributed by atoms with Gasteiger partial charge in [0.1, 0.15) is 5.75 Å². The molecule has 0 unspecified atom stereocenters. The lowest BCUT2D eigenvalue weighted by molar-refractivity contribution is -0.145. The van der Waals surface area contributed by atoms with Crippen LogP contribution in [0.3, 0.4) is 0 Å². The zero-order chi connectivity index (χ0) is 25.2. The number of rotatable bonds is 6. The number of aromatic hydroxyl groups is 2. The number of aromatic nitrogens is 1. The Hall–Kier alpha value is -4.72. The molecule has 2 aromatic carbocycles. The van der Waals surface area contributed by atoms with Crippen molar-refractivity contribution in [3.05, 3.63) is 101 Å². The van der Waals surface area contributed by atoms with E-state index in [9.17, 15) is 19.8 Å². The number of nitrogens with zero attached hydrogens (tertiary/aromatic N) is 2. The molecule has 2 N–H and O–H groups in total. The number of fused-ring (bicyclic) bond motifs is 2. The van der Waals surface area contributed by atoms with Crippen molar-refractivity contribution in [3.8, 4) is 17.5 Å². The van der Waals surface area contributed by atoms with Gasteiger partial charge in [0, 0.05) is 36.1 Å². The van der Waals surface area contributed by atoms with Gasteiger partial charge >= 0.3 is 11.9 Å². The number of carbonyl (C=O) groups excluding carboxylic acids is 2. The first-order valence-electron chi connectivity index (χ1n) is 11.5. The van der Waals surface area contributed by atoms with Gasteiger partial charge in [-0.3, -0.25) is 0 Å². The van der Waals surface area contributed by atoms with Crippen molar-refractivity contribution >= 4 is 23.2 Å². The minimum Gasteiger partial charge on any atom is -0.492 e. The molecule has 0 amide bonds. The Bertz CT molecular complexity index is 1410. The Morgan fingerprint density at radius 1 is 0.972 bits per heavy atom. The standard InChI is InChI=1S/C28H24N2O6/c1-29-22-8-4-2-6-20(22)27(21-7-3-5-9-23(21)29)28(34)35-19-13-10-18(11-14-19)12-17-26(33)36-30-24(31)15-16-25(30)32/h2-6,8-11,13-16,31-32H,7,12,17H2,1H3. The zero-order valence-electron chi connectivity index (χ0n) is 19.5. The van der Waals surface area contributed by atoms with Crippen molar-refractivity contribution in [3.63, 3.8) is 0 Å². The maximum absolute atomic E-state index is 13.3. The van der Waals surface area contributed by atoms with Gasteiger partial charge in [-0.05, 0) is 48.3 Å². The Labute approximate surface area is 207 Å². The van der Waals surface area contributed by atoms with E-state index in [0.717, 1.165) is 28.1 Å². The third kappa shape index (κ3) is 4.36. The van der Waals surface area contributed by atoms with Crippen LogP contribution in [0.5, 0.6) is 17.5 Å². The Morgan fingerprint density at radius 2 is 1.69 bits per heavy atom. The van der Waals surface area contributed by atoms with E-state index in [1.807, 2.05) is 49.5 Å². The maximum atomic E-state index is 13.3. The van der Waals surface area contributed by atoms with Gasteiger partial charge in [0.2, 0.25) is 11.8 Å². The van der Waals surface area contributed by atoms with Gasteiger partial charge in [0.15, 0.2) is 0 Å². The predicted molar refractivity (Wildman–Crippen MR) is 133 cm³/mol. The van der Waals surface area contributed by atoms with Crippen LogP contribution in [-0.2, 0) is 16.0 Å². The molecule has 2 heterocycles. The number of allylic oxidation sites excluding steroid dienone is 4. The van der Waals surface area contributed by atoms with Gasteiger partial charge in [-0.2, -0.15) is 0 Å². The number of ether oxygens (including phenoxy) is 1. The molecular weight excluding hydrogens is 460 g/mol. The molecule has 0 bridgehead atoms. The van der Waals surface area contributed by atoms with E-state index in [1.54, 1.807) is 24.3 Å². The molecule has 36 heavy (non-hydrogen) atoms. The number of para-hydroxylation sites is 1. The van der Waals surface area contributed by atoms with E-state index < -0.39 is 11.9 Å². The molecule has 8 heteroatoms. The van der Waals surface area contributed by atoms with Crippen molar-refractivity contribution in [1.29, 1.82) is 0 Å². The minimum atomic E-state index is -0.618. The summed E-state index contributed by atoms with van der Waals surface area (Å²) in [6.45, 7) is 0. The number of esters is 1. The average Bonchev–Trinajstić information content (AvgIpc) is 3.20. The van der Waals surface area contributed by atoms with E-state index in [4.69, 9.17) is 9.57 Å². The van der Waals surface area contributed by atoms with Crippen molar-refractivity contribution in [2.45, 2.75) is 19.3 Å². The highest BCUT2D eigenvalue weighted by atomic mass is 16.7. The minimum absolute atomic E-state index is 0.0272. The molecule has 0 saturated carbocycles. The fourth-order valence-corrected chi connectivity index (χ4v) is 4.37. The van der Waals surface area contributed by atoms with Gasteiger partial charge in [0.25, 0.3) is 0 Å². The number of anilines is 1. The van der Waals surface area contributed by atoms with Crippen molar-refractivity contribution in [2.24, 2.45) is 0 Å². The lowest BCUT2D eigenvalue weighted by Gasteiger charge is -2.34. The lowest BCUT2D eigenvalue weighted by atomic mass is 9.87. The highest BCUT2D eigenvalue weighted by molar-refractivity contribution is 6.22. The van der Waals surface area contributed by atoms with Crippen LogP contribution in [0.25, 0.3) is 5.57 Å². The largest absolute Gasteiger partial charge is 0.492 e. The molecule has 2 aliphatic rings. The monoisotopic (exact) mass is 484 g/mol. The molecule has 0 radical (unpaired) electrons. The van der Waals surface area contributed by atoms with Gasteiger partial charge in [0.05, 0.1) is 12.0 Å². The van der Waals surface area contributed by atoms with Crippen molar-refractivity contribution < 1.29 is 29.4 Å². The molecule has 5 rings (SSSR count). The molecule has 0 atom stereocenters. The molecule has 0 fully saturated rings. The summed E-state index contributed by atoms with van der Waals surface area (Å²) in [5.74, 6) is -1.39. The molecule has 1 aliphatic heterocycles. The number of hydrogen-bond donors (Lipinski definition) is 2. The number of hydrogen-bond acceptors (Lipinski definition) is 7. The summed E-state index contributed by atoms with van der Waals surface area (Å²) in [4.78, 5) is 32.4. The van der Waals surface area contributed by atoms with E-state index in [0.29, 0.717) is 28.9 Å². The second kappa shape index (κ2) is 9.50. The predicted octanol–water partition coefficient (Wildman–Crippen LogP) is 4.14. The summed E-state index contributed by atoms with van der Waals surface area (Å²) in [6.07, 6.45) is 7.05. The molecule has 3 aromatic rings. The summed E-state index contributed by atoms with van der Waals surface area (Å²) in [7, 11) is 1.99. The topological polar surface area (TPSA) is 101 Å². The van der Waals surface area contributed by atoms with Crippen LogP contribution in [0, 0.1) is 0 Å². The van der Waals surface area contributed by atoms with Crippen LogP contribution in [0.2, 0.25) is 0 Å². The fourth-order valence-electron chi connectivity index (χ4n) is 4.37. The van der Waals surface area contributed by atoms with E-state index in [1.165, 1.54) is 12.1 Å². The first-order chi connectivity index (χ1) is 17.4. The number of aryl methyl sites for hydroxylation is 1. The van der Waals surface area contributed by atoms with Crippen molar-refractivity contribution in [2.75, 3.05) is 11.9 Å². The van der Waals surface area contributed by atoms with E-state index >= 15 is 0 Å². The highest BCUT2D eigenvalue weighted by Gasteiger charge is 2.31. The van der Waals surface area contributed by atoms with Gasteiger partial charge in [-0.25, -0.2) is 9.59 Å². The third-order valence-corrected chi connectivity index (χ3v) is 6.17. The van der Waals surface area contributed by atoms with Crippen LogP contribution in [0.15, 0.2) is 90.2 Å².